The molecule has 0 fully saturated rings. The van der Waals surface area contributed by atoms with Gasteiger partial charge in [-0.2, -0.15) is 13.2 Å². The van der Waals surface area contributed by atoms with Gasteiger partial charge in [0, 0.05) is 23.8 Å². The number of aliphatic carboxylic acids is 1. The smallest absolute Gasteiger partial charge is 0.417 e. The van der Waals surface area contributed by atoms with Crippen LogP contribution in [0.4, 0.5) is 22.0 Å². The van der Waals surface area contributed by atoms with Crippen LogP contribution in [0, 0.1) is 11.6 Å². The first-order valence-electron chi connectivity index (χ1n) is 13.4. The summed E-state index contributed by atoms with van der Waals surface area (Å²) in [5, 5.41) is 9.11. The lowest BCUT2D eigenvalue weighted by Crippen LogP contribution is -2.11. The molecule has 13 heteroatoms. The molecule has 2 aliphatic rings. The van der Waals surface area contributed by atoms with Gasteiger partial charge in [-0.15, -0.1) is 0 Å². The van der Waals surface area contributed by atoms with Crippen molar-refractivity contribution >= 4 is 15.8 Å². The van der Waals surface area contributed by atoms with Gasteiger partial charge in [0.1, 0.15) is 27.4 Å². The molecular formula is C30H27F5O7S. The molecule has 0 saturated carbocycles. The van der Waals surface area contributed by atoms with Crippen LogP contribution in [0.3, 0.4) is 0 Å². The summed E-state index contributed by atoms with van der Waals surface area (Å²) in [7, 11) is -3.31. The van der Waals surface area contributed by atoms with Gasteiger partial charge in [-0.1, -0.05) is 12.1 Å². The molecule has 0 spiro atoms. The molecule has 0 saturated heterocycles. The second-order valence-corrected chi connectivity index (χ2v) is 12.9. The van der Waals surface area contributed by atoms with E-state index in [1.54, 1.807) is 18.2 Å². The Kier molecular flexibility index (Phi) is 8.30. The van der Waals surface area contributed by atoms with E-state index in [0.29, 0.717) is 23.5 Å². The molecule has 5 rings (SSSR count). The van der Waals surface area contributed by atoms with E-state index >= 15 is 0 Å². The summed E-state index contributed by atoms with van der Waals surface area (Å²) in [6.45, 7) is -0.0969. The van der Waals surface area contributed by atoms with E-state index in [1.165, 1.54) is 6.07 Å². The number of halogens is 5. The number of ether oxygens (including phenoxy) is 3. The van der Waals surface area contributed by atoms with Gasteiger partial charge in [0.15, 0.2) is 17.4 Å². The zero-order chi connectivity index (χ0) is 31.1. The number of alkyl halides is 3. The summed E-state index contributed by atoms with van der Waals surface area (Å²) in [6.07, 6.45) is -4.13. The zero-order valence-electron chi connectivity index (χ0n) is 22.8. The molecule has 3 aromatic rings. The van der Waals surface area contributed by atoms with Crippen LogP contribution in [0.1, 0.15) is 53.5 Å². The van der Waals surface area contributed by atoms with E-state index in [-0.39, 0.29) is 60.8 Å². The van der Waals surface area contributed by atoms with E-state index in [4.69, 9.17) is 19.3 Å². The second kappa shape index (κ2) is 11.7. The maximum Gasteiger partial charge on any atom is 0.417 e. The minimum atomic E-state index is -4.82. The minimum absolute atomic E-state index is 0.0233. The van der Waals surface area contributed by atoms with Crippen molar-refractivity contribution in [2.24, 2.45) is 0 Å². The number of carboxylic acid groups (broad SMARTS) is 1. The number of hydrogen-bond acceptors (Lipinski definition) is 6. The van der Waals surface area contributed by atoms with Gasteiger partial charge in [-0.25, -0.2) is 17.2 Å². The molecule has 7 nitrogen and oxygen atoms in total. The SMILES string of the molecule is CS(=O)(=O)CCCOc1c(F)cc(-c2c(C(F)(F)F)ccc3c2CCC3Oc2ccc3c(c2)OCC3CC(=O)O)cc1F. The first-order valence-corrected chi connectivity index (χ1v) is 15.5. The lowest BCUT2D eigenvalue weighted by Gasteiger charge is -2.20. The molecule has 2 atom stereocenters. The summed E-state index contributed by atoms with van der Waals surface area (Å²) >= 11 is 0. The maximum absolute atomic E-state index is 15.0. The summed E-state index contributed by atoms with van der Waals surface area (Å²) < 4.78 is 112. The fourth-order valence-electron chi connectivity index (χ4n) is 5.57. The molecule has 43 heavy (non-hydrogen) atoms. The van der Waals surface area contributed by atoms with E-state index in [0.717, 1.165) is 30.0 Å². The molecule has 1 heterocycles. The molecule has 1 N–H and O–H groups in total. The van der Waals surface area contributed by atoms with E-state index < -0.39 is 51.0 Å². The molecule has 0 bridgehead atoms. The van der Waals surface area contributed by atoms with Crippen molar-refractivity contribution in [1.29, 1.82) is 0 Å². The number of rotatable bonds is 10. The van der Waals surface area contributed by atoms with Gasteiger partial charge in [0.25, 0.3) is 0 Å². The number of hydrogen-bond donors (Lipinski definition) is 1. The Bertz CT molecular complexity index is 1650. The van der Waals surface area contributed by atoms with Crippen molar-refractivity contribution in [3.05, 3.63) is 76.4 Å². The maximum atomic E-state index is 15.0. The average Bonchev–Trinajstić information content (AvgIpc) is 3.49. The Morgan fingerprint density at radius 2 is 1.77 bits per heavy atom. The fraction of sp³-hybridized carbons (Fsp3) is 0.367. The third kappa shape index (κ3) is 6.71. The first-order chi connectivity index (χ1) is 20.2. The summed E-state index contributed by atoms with van der Waals surface area (Å²) in [5.41, 5.74) is -0.312. The number of benzene rings is 3. The summed E-state index contributed by atoms with van der Waals surface area (Å²) in [4.78, 5) is 11.1. The predicted molar refractivity (Wildman–Crippen MR) is 145 cm³/mol. The Morgan fingerprint density at radius 1 is 1.07 bits per heavy atom. The highest BCUT2D eigenvalue weighted by Gasteiger charge is 2.38. The molecular weight excluding hydrogens is 599 g/mol. The van der Waals surface area contributed by atoms with Crippen LogP contribution in [0.15, 0.2) is 42.5 Å². The molecule has 2 unspecified atom stereocenters. The molecule has 1 aliphatic heterocycles. The summed E-state index contributed by atoms with van der Waals surface area (Å²) in [5.74, 6) is -3.90. The second-order valence-electron chi connectivity index (χ2n) is 10.6. The fourth-order valence-corrected chi connectivity index (χ4v) is 6.21. The van der Waals surface area contributed by atoms with Gasteiger partial charge in [-0.05, 0) is 65.8 Å². The Hall–Kier alpha value is -3.87. The summed E-state index contributed by atoms with van der Waals surface area (Å²) in [6, 6.07) is 8.68. The quantitative estimate of drug-likeness (QED) is 0.203. The van der Waals surface area contributed by atoms with Gasteiger partial charge in [-0.3, -0.25) is 4.79 Å². The Labute approximate surface area is 244 Å². The van der Waals surface area contributed by atoms with Crippen molar-refractivity contribution < 1.29 is 54.5 Å². The minimum Gasteiger partial charge on any atom is -0.492 e. The lowest BCUT2D eigenvalue weighted by molar-refractivity contribution is -0.138. The topological polar surface area (TPSA) is 99.1 Å². The number of carbonyl (C=O) groups is 1. The Balaban J connectivity index is 1.43. The van der Waals surface area contributed by atoms with Crippen LogP contribution in [-0.4, -0.2) is 44.7 Å². The van der Waals surface area contributed by atoms with Gasteiger partial charge < -0.3 is 19.3 Å². The van der Waals surface area contributed by atoms with Gasteiger partial charge >= 0.3 is 12.1 Å². The highest BCUT2D eigenvalue weighted by atomic mass is 32.2. The van der Waals surface area contributed by atoms with Crippen LogP contribution in [0.2, 0.25) is 0 Å². The van der Waals surface area contributed by atoms with Crippen LogP contribution >= 0.6 is 0 Å². The predicted octanol–water partition coefficient (Wildman–Crippen LogP) is 6.48. The monoisotopic (exact) mass is 626 g/mol. The molecule has 0 aromatic heterocycles. The first kappa shape index (κ1) is 30.6. The third-order valence-corrected chi connectivity index (χ3v) is 8.45. The van der Waals surface area contributed by atoms with Crippen LogP contribution in [-0.2, 0) is 27.2 Å². The van der Waals surface area contributed by atoms with Gasteiger partial charge in [0.05, 0.1) is 31.0 Å². The molecule has 0 radical (unpaired) electrons. The highest BCUT2D eigenvalue weighted by Crippen LogP contribution is 2.47. The standard InChI is InChI=1S/C30H27F5O7S/c1-43(38,39)10-2-9-40-29-23(31)11-16(12-24(29)32)28-21-6-8-25(20(21)5-7-22(28)30(33,34)35)42-18-3-4-19-17(13-27(36)37)15-41-26(19)14-18/h3-5,7,11-12,14,17,25H,2,6,8-10,13,15H2,1H3,(H,36,37). The van der Waals surface area contributed by atoms with Crippen molar-refractivity contribution in [2.75, 3.05) is 25.2 Å². The number of fused-ring (bicyclic) bond motifs is 2. The number of sulfone groups is 1. The zero-order valence-corrected chi connectivity index (χ0v) is 23.7. The van der Waals surface area contributed by atoms with Crippen molar-refractivity contribution in [2.45, 2.75) is 43.9 Å². The lowest BCUT2D eigenvalue weighted by atomic mass is 9.91. The van der Waals surface area contributed by atoms with E-state index in [2.05, 4.69) is 0 Å². The van der Waals surface area contributed by atoms with Crippen molar-refractivity contribution in [3.8, 4) is 28.4 Å². The number of carboxylic acids is 1. The van der Waals surface area contributed by atoms with Crippen LogP contribution in [0.5, 0.6) is 17.2 Å². The van der Waals surface area contributed by atoms with E-state index in [9.17, 15) is 35.2 Å². The molecule has 3 aromatic carbocycles. The van der Waals surface area contributed by atoms with Crippen LogP contribution < -0.4 is 14.2 Å². The molecule has 0 amide bonds. The largest absolute Gasteiger partial charge is 0.492 e. The van der Waals surface area contributed by atoms with Crippen molar-refractivity contribution in [1.82, 2.24) is 0 Å². The van der Waals surface area contributed by atoms with Crippen LogP contribution in [0.25, 0.3) is 11.1 Å². The average molecular weight is 627 g/mol. The Morgan fingerprint density at radius 3 is 2.42 bits per heavy atom. The van der Waals surface area contributed by atoms with E-state index in [1.807, 2.05) is 0 Å². The van der Waals surface area contributed by atoms with Gasteiger partial charge in [0.2, 0.25) is 0 Å². The molecule has 1 aliphatic carbocycles. The molecule has 230 valence electrons. The van der Waals surface area contributed by atoms with Crippen molar-refractivity contribution in [3.63, 3.8) is 0 Å². The normalized spacial score (nSPS) is 17.7. The highest BCUT2D eigenvalue weighted by molar-refractivity contribution is 7.90. The third-order valence-electron chi connectivity index (χ3n) is 7.42.